The van der Waals surface area contributed by atoms with Crippen LogP contribution < -0.4 is 9.64 Å². The Morgan fingerprint density at radius 2 is 2.04 bits per heavy atom. The number of thiophene rings is 1. The predicted molar refractivity (Wildman–Crippen MR) is 106 cm³/mol. The van der Waals surface area contributed by atoms with Crippen LogP contribution in [0.2, 0.25) is 0 Å². The van der Waals surface area contributed by atoms with Crippen molar-refractivity contribution in [1.29, 1.82) is 5.26 Å². The van der Waals surface area contributed by atoms with E-state index >= 15 is 0 Å². The van der Waals surface area contributed by atoms with E-state index in [0.717, 1.165) is 11.4 Å². The Bertz CT molecular complexity index is 723. The van der Waals surface area contributed by atoms with Crippen molar-refractivity contribution in [3.05, 3.63) is 46.7 Å². The van der Waals surface area contributed by atoms with Gasteiger partial charge in [-0.05, 0) is 56.6 Å². The van der Waals surface area contributed by atoms with Gasteiger partial charge >= 0.3 is 0 Å². The first-order chi connectivity index (χ1) is 12.6. The highest BCUT2D eigenvalue weighted by Crippen LogP contribution is 2.24. The van der Waals surface area contributed by atoms with Crippen LogP contribution in [0.25, 0.3) is 0 Å². The van der Waals surface area contributed by atoms with E-state index in [1.54, 1.807) is 16.2 Å². The lowest BCUT2D eigenvalue weighted by Crippen LogP contribution is -2.40. The molecule has 1 atom stereocenters. The number of ether oxygens (including phenoxy) is 1. The molecule has 0 bridgehead atoms. The number of benzene rings is 1. The van der Waals surface area contributed by atoms with E-state index in [1.807, 2.05) is 54.6 Å². The average molecular weight is 372 g/mol. The lowest BCUT2D eigenvalue weighted by Gasteiger charge is -2.28. The summed E-state index contributed by atoms with van der Waals surface area (Å²) in [6.45, 7) is 5.29. The molecule has 1 unspecified atom stereocenters. The molecule has 0 fully saturated rings. The summed E-state index contributed by atoms with van der Waals surface area (Å²) in [4.78, 5) is 17.8. The molecule has 2 aromatic rings. The molecule has 0 aliphatic carbocycles. The molecule has 0 aliphatic heterocycles. The zero-order valence-corrected chi connectivity index (χ0v) is 16.3. The summed E-state index contributed by atoms with van der Waals surface area (Å²) in [7, 11) is 1.95. The van der Waals surface area contributed by atoms with Gasteiger partial charge in [0.1, 0.15) is 5.75 Å². The molecule has 1 heterocycles. The highest BCUT2D eigenvalue weighted by atomic mass is 32.1. The maximum absolute atomic E-state index is 12.9. The summed E-state index contributed by atoms with van der Waals surface area (Å²) < 4.78 is 5.46. The second-order valence-corrected chi connectivity index (χ2v) is 6.97. The topological polar surface area (TPSA) is 56.6 Å². The van der Waals surface area contributed by atoms with Crippen molar-refractivity contribution in [2.45, 2.75) is 26.3 Å². The van der Waals surface area contributed by atoms with Crippen molar-refractivity contribution >= 4 is 22.9 Å². The number of carbonyl (C=O) groups is 1. The first-order valence-corrected chi connectivity index (χ1v) is 9.58. The second-order valence-electron chi connectivity index (χ2n) is 5.99. The predicted octanol–water partition coefficient (Wildman–Crippen LogP) is 4.09. The summed E-state index contributed by atoms with van der Waals surface area (Å²) in [5.74, 6) is 0.752. The summed E-state index contributed by atoms with van der Waals surface area (Å²) in [6, 6.07) is 13.8. The molecule has 138 valence electrons. The molecule has 0 spiro atoms. The van der Waals surface area contributed by atoms with Gasteiger partial charge < -0.3 is 9.64 Å². The Kier molecular flexibility index (Phi) is 7.64. The third-order valence-corrected chi connectivity index (χ3v) is 5.25. The molecule has 26 heavy (non-hydrogen) atoms. The van der Waals surface area contributed by atoms with Crippen LogP contribution in [0.4, 0.5) is 5.69 Å². The number of hydrogen-bond acceptors (Lipinski definition) is 5. The maximum atomic E-state index is 12.9. The van der Waals surface area contributed by atoms with Gasteiger partial charge in [0.25, 0.3) is 0 Å². The van der Waals surface area contributed by atoms with Crippen molar-refractivity contribution < 1.29 is 9.53 Å². The van der Waals surface area contributed by atoms with Gasteiger partial charge in [-0.3, -0.25) is 9.69 Å². The minimum Gasteiger partial charge on any atom is -0.494 e. The Morgan fingerprint density at radius 3 is 2.62 bits per heavy atom. The van der Waals surface area contributed by atoms with Crippen LogP contribution in [0.1, 0.15) is 31.2 Å². The van der Waals surface area contributed by atoms with Gasteiger partial charge in [-0.2, -0.15) is 5.26 Å². The number of hydrogen-bond donors (Lipinski definition) is 0. The molecular weight excluding hydrogens is 346 g/mol. The molecule has 2 rings (SSSR count). The fourth-order valence-electron chi connectivity index (χ4n) is 2.63. The Hall–Kier alpha value is -2.36. The molecule has 0 N–H and O–H groups in total. The number of likely N-dealkylation sites (N-methyl/N-ethyl adjacent to an activating group) is 1. The van der Waals surface area contributed by atoms with Gasteiger partial charge in [0.05, 0.1) is 25.6 Å². The molecule has 0 saturated carbocycles. The van der Waals surface area contributed by atoms with E-state index in [9.17, 15) is 4.79 Å². The van der Waals surface area contributed by atoms with Gasteiger partial charge in [0, 0.05) is 23.2 Å². The Balaban J connectivity index is 2.09. The first-order valence-electron chi connectivity index (χ1n) is 8.70. The highest BCUT2D eigenvalue weighted by molar-refractivity contribution is 7.10. The zero-order chi connectivity index (χ0) is 18.9. The van der Waals surface area contributed by atoms with E-state index in [1.165, 1.54) is 4.88 Å². The van der Waals surface area contributed by atoms with Crippen molar-refractivity contribution in [1.82, 2.24) is 4.90 Å². The van der Waals surface area contributed by atoms with Crippen LogP contribution >= 0.6 is 11.3 Å². The summed E-state index contributed by atoms with van der Waals surface area (Å²) >= 11 is 1.69. The number of nitriles is 1. The quantitative estimate of drug-likeness (QED) is 0.666. The van der Waals surface area contributed by atoms with Crippen molar-refractivity contribution in [3.8, 4) is 11.8 Å². The maximum Gasteiger partial charge on any atom is 0.241 e. The molecule has 6 heteroatoms. The smallest absolute Gasteiger partial charge is 0.241 e. The largest absolute Gasteiger partial charge is 0.494 e. The Morgan fingerprint density at radius 1 is 1.31 bits per heavy atom. The number of carbonyl (C=O) groups excluding carboxylic acids is 1. The average Bonchev–Trinajstić information content (AvgIpc) is 3.17. The second kappa shape index (κ2) is 9.95. The minimum atomic E-state index is -0.0182. The van der Waals surface area contributed by atoms with Crippen LogP contribution in [0.15, 0.2) is 41.8 Å². The van der Waals surface area contributed by atoms with Crippen LogP contribution in [0.5, 0.6) is 5.75 Å². The number of anilines is 1. The lowest BCUT2D eigenvalue weighted by atomic mass is 10.2. The lowest BCUT2D eigenvalue weighted by molar-refractivity contribution is -0.119. The fraction of sp³-hybridized carbons (Fsp3) is 0.400. The molecule has 1 amide bonds. The van der Waals surface area contributed by atoms with Crippen LogP contribution in [0, 0.1) is 11.3 Å². The normalized spacial score (nSPS) is 11.8. The van der Waals surface area contributed by atoms with E-state index in [-0.39, 0.29) is 18.5 Å². The standard InChI is InChI=1S/C20H25N3O2S/c1-4-25-18-10-8-17(9-11-18)23(13-6-12-21)20(24)15-22(3)16(2)19-7-5-14-26-19/h5,7-11,14,16H,4,6,13,15H2,1-3H3. The molecule has 5 nitrogen and oxygen atoms in total. The number of nitrogens with zero attached hydrogens (tertiary/aromatic N) is 3. The molecule has 0 aliphatic rings. The first kappa shape index (κ1) is 20.0. The minimum absolute atomic E-state index is 0.0182. The molecular formula is C20H25N3O2S. The summed E-state index contributed by atoms with van der Waals surface area (Å²) in [6.07, 6.45) is 0.295. The SMILES string of the molecule is CCOc1ccc(N(CCC#N)C(=O)CN(C)C(C)c2cccs2)cc1. The number of amides is 1. The summed E-state index contributed by atoms with van der Waals surface area (Å²) in [5.41, 5.74) is 0.783. The van der Waals surface area contributed by atoms with Gasteiger partial charge in [0.15, 0.2) is 0 Å². The highest BCUT2D eigenvalue weighted by Gasteiger charge is 2.21. The molecule has 1 aromatic carbocycles. The van der Waals surface area contributed by atoms with Gasteiger partial charge in [-0.25, -0.2) is 0 Å². The Labute approximate surface area is 159 Å². The van der Waals surface area contributed by atoms with E-state index in [0.29, 0.717) is 19.6 Å². The fourth-order valence-corrected chi connectivity index (χ4v) is 3.48. The van der Waals surface area contributed by atoms with Crippen molar-refractivity contribution in [2.24, 2.45) is 0 Å². The van der Waals surface area contributed by atoms with Gasteiger partial charge in [0.2, 0.25) is 5.91 Å². The van der Waals surface area contributed by atoms with Crippen molar-refractivity contribution in [3.63, 3.8) is 0 Å². The molecule has 1 aromatic heterocycles. The third-order valence-electron chi connectivity index (χ3n) is 4.21. The van der Waals surface area contributed by atoms with Crippen LogP contribution in [-0.4, -0.2) is 37.6 Å². The third kappa shape index (κ3) is 5.32. The van der Waals surface area contributed by atoms with Crippen molar-refractivity contribution in [2.75, 3.05) is 31.6 Å². The van der Waals surface area contributed by atoms with E-state index in [2.05, 4.69) is 19.1 Å². The van der Waals surface area contributed by atoms with Crippen LogP contribution in [0.3, 0.4) is 0 Å². The van der Waals surface area contributed by atoms with Crippen LogP contribution in [-0.2, 0) is 4.79 Å². The summed E-state index contributed by atoms with van der Waals surface area (Å²) in [5, 5.41) is 11.0. The zero-order valence-electron chi connectivity index (χ0n) is 15.5. The monoisotopic (exact) mass is 371 g/mol. The van der Waals surface area contributed by atoms with Gasteiger partial charge in [-0.15, -0.1) is 11.3 Å². The van der Waals surface area contributed by atoms with E-state index < -0.39 is 0 Å². The van der Waals surface area contributed by atoms with E-state index in [4.69, 9.17) is 10.00 Å². The molecule has 0 saturated heterocycles. The number of rotatable bonds is 9. The molecule has 0 radical (unpaired) electrons. The van der Waals surface area contributed by atoms with Gasteiger partial charge in [-0.1, -0.05) is 6.07 Å².